The Bertz CT molecular complexity index is 432. The van der Waals surface area contributed by atoms with Crippen LogP contribution in [0.5, 0.6) is 5.75 Å². The molecule has 1 amide bonds. The summed E-state index contributed by atoms with van der Waals surface area (Å²) in [5.41, 5.74) is 6.99. The number of carbonyl (C=O) groups excluding carboxylic acids is 1. The van der Waals surface area contributed by atoms with Crippen molar-refractivity contribution in [1.82, 2.24) is 4.90 Å². The normalized spacial score (nSPS) is 15.6. The van der Waals surface area contributed by atoms with Gasteiger partial charge in [-0.3, -0.25) is 4.79 Å². The van der Waals surface area contributed by atoms with Gasteiger partial charge in [-0.05, 0) is 37.5 Å². The first kappa shape index (κ1) is 16.8. The summed E-state index contributed by atoms with van der Waals surface area (Å²) in [5, 5.41) is 0. The van der Waals surface area contributed by atoms with Gasteiger partial charge in [0.05, 0.1) is 13.0 Å². The smallest absolute Gasteiger partial charge is 0.225 e. The number of aryl methyl sites for hydroxylation is 1. The molecule has 0 aliphatic carbocycles. The Hall–Kier alpha value is -1.26. The van der Waals surface area contributed by atoms with Crippen LogP contribution in [0.3, 0.4) is 0 Å². The van der Waals surface area contributed by atoms with Crippen molar-refractivity contribution in [2.75, 3.05) is 19.7 Å². The minimum atomic E-state index is 0. The average molecular weight is 299 g/mol. The molecule has 112 valence electrons. The van der Waals surface area contributed by atoms with Crippen LogP contribution in [-0.2, 0) is 4.79 Å². The number of amides is 1. The molecule has 5 heteroatoms. The van der Waals surface area contributed by atoms with Gasteiger partial charge in [-0.1, -0.05) is 12.1 Å². The van der Waals surface area contributed by atoms with E-state index in [1.165, 1.54) is 0 Å². The molecule has 1 aliphatic rings. The Labute approximate surface area is 126 Å². The SMILES string of the molecule is Cc1cccc(OCCC(=O)N2CCC(N)CC2)c1.Cl. The number of nitrogens with zero attached hydrogens (tertiary/aromatic N) is 1. The van der Waals surface area contributed by atoms with Gasteiger partial charge in [-0.15, -0.1) is 12.4 Å². The van der Waals surface area contributed by atoms with Gasteiger partial charge in [0, 0.05) is 19.1 Å². The summed E-state index contributed by atoms with van der Waals surface area (Å²) in [5.74, 6) is 0.994. The lowest BCUT2D eigenvalue weighted by Gasteiger charge is -2.30. The molecule has 0 aromatic heterocycles. The summed E-state index contributed by atoms with van der Waals surface area (Å²) in [6, 6.07) is 8.13. The fourth-order valence-electron chi connectivity index (χ4n) is 2.27. The lowest BCUT2D eigenvalue weighted by molar-refractivity contribution is -0.132. The van der Waals surface area contributed by atoms with Crippen molar-refractivity contribution >= 4 is 18.3 Å². The first-order chi connectivity index (χ1) is 9.15. The number of ether oxygens (including phenoxy) is 1. The minimum Gasteiger partial charge on any atom is -0.493 e. The summed E-state index contributed by atoms with van der Waals surface area (Å²) in [6.45, 7) is 4.02. The van der Waals surface area contributed by atoms with E-state index in [0.717, 1.165) is 37.2 Å². The molecule has 1 aromatic carbocycles. The molecule has 1 saturated heterocycles. The van der Waals surface area contributed by atoms with Gasteiger partial charge in [0.15, 0.2) is 0 Å². The first-order valence-electron chi connectivity index (χ1n) is 6.88. The Balaban J connectivity index is 0.00000200. The number of benzene rings is 1. The van der Waals surface area contributed by atoms with Gasteiger partial charge in [-0.2, -0.15) is 0 Å². The topological polar surface area (TPSA) is 55.6 Å². The lowest BCUT2D eigenvalue weighted by atomic mass is 10.1. The summed E-state index contributed by atoms with van der Waals surface area (Å²) in [6.07, 6.45) is 2.25. The maximum Gasteiger partial charge on any atom is 0.225 e. The van der Waals surface area contributed by atoms with Crippen molar-refractivity contribution in [2.24, 2.45) is 5.73 Å². The number of halogens is 1. The Morgan fingerprint density at radius 1 is 1.40 bits per heavy atom. The van der Waals surface area contributed by atoms with E-state index in [1.807, 2.05) is 36.1 Å². The molecule has 0 radical (unpaired) electrons. The van der Waals surface area contributed by atoms with Crippen LogP contribution in [0.15, 0.2) is 24.3 Å². The predicted molar refractivity (Wildman–Crippen MR) is 82.3 cm³/mol. The number of carbonyl (C=O) groups is 1. The third-order valence-corrected chi connectivity index (χ3v) is 3.47. The van der Waals surface area contributed by atoms with Crippen molar-refractivity contribution in [3.8, 4) is 5.75 Å². The summed E-state index contributed by atoms with van der Waals surface area (Å²) >= 11 is 0. The number of rotatable bonds is 4. The lowest BCUT2D eigenvalue weighted by Crippen LogP contribution is -2.43. The van der Waals surface area contributed by atoms with Crippen molar-refractivity contribution in [1.29, 1.82) is 0 Å². The molecular formula is C15H23ClN2O2. The van der Waals surface area contributed by atoms with Crippen molar-refractivity contribution in [2.45, 2.75) is 32.2 Å². The summed E-state index contributed by atoms with van der Waals surface area (Å²) in [4.78, 5) is 13.9. The van der Waals surface area contributed by atoms with Crippen LogP contribution in [-0.4, -0.2) is 36.5 Å². The van der Waals surface area contributed by atoms with E-state index in [2.05, 4.69) is 0 Å². The van der Waals surface area contributed by atoms with Gasteiger partial charge in [0.2, 0.25) is 5.91 Å². The number of nitrogens with two attached hydrogens (primary N) is 1. The van der Waals surface area contributed by atoms with Crippen LogP contribution in [0.4, 0.5) is 0 Å². The number of likely N-dealkylation sites (tertiary alicyclic amines) is 1. The molecule has 0 atom stereocenters. The second kappa shape index (κ2) is 8.12. The van der Waals surface area contributed by atoms with Gasteiger partial charge >= 0.3 is 0 Å². The second-order valence-corrected chi connectivity index (χ2v) is 5.13. The van der Waals surface area contributed by atoms with Gasteiger partial charge in [0.1, 0.15) is 5.75 Å². The van der Waals surface area contributed by atoms with E-state index in [0.29, 0.717) is 13.0 Å². The quantitative estimate of drug-likeness (QED) is 0.926. The summed E-state index contributed by atoms with van der Waals surface area (Å²) < 4.78 is 5.60. The molecule has 20 heavy (non-hydrogen) atoms. The molecule has 2 rings (SSSR count). The Morgan fingerprint density at radius 3 is 2.75 bits per heavy atom. The molecule has 1 heterocycles. The van der Waals surface area contributed by atoms with Crippen LogP contribution >= 0.6 is 12.4 Å². The van der Waals surface area contributed by atoms with E-state index in [4.69, 9.17) is 10.5 Å². The predicted octanol–water partition coefficient (Wildman–Crippen LogP) is 2.14. The molecule has 0 spiro atoms. The van der Waals surface area contributed by atoms with Crippen molar-refractivity contribution in [3.63, 3.8) is 0 Å². The average Bonchev–Trinajstić information content (AvgIpc) is 2.39. The molecule has 0 bridgehead atoms. The van der Waals surface area contributed by atoms with Gasteiger partial charge in [-0.25, -0.2) is 0 Å². The van der Waals surface area contributed by atoms with Crippen LogP contribution in [0.2, 0.25) is 0 Å². The molecule has 1 aromatic rings. The largest absolute Gasteiger partial charge is 0.493 e. The highest BCUT2D eigenvalue weighted by atomic mass is 35.5. The van der Waals surface area contributed by atoms with E-state index in [9.17, 15) is 4.79 Å². The first-order valence-corrected chi connectivity index (χ1v) is 6.88. The third-order valence-electron chi connectivity index (χ3n) is 3.47. The third kappa shape index (κ3) is 5.02. The Kier molecular flexibility index (Phi) is 6.82. The van der Waals surface area contributed by atoms with Crippen molar-refractivity contribution < 1.29 is 9.53 Å². The van der Waals surface area contributed by atoms with Crippen LogP contribution < -0.4 is 10.5 Å². The van der Waals surface area contributed by atoms with E-state index in [-0.39, 0.29) is 24.4 Å². The highest BCUT2D eigenvalue weighted by Crippen LogP contribution is 2.13. The number of hydrogen-bond acceptors (Lipinski definition) is 3. The molecule has 2 N–H and O–H groups in total. The van der Waals surface area contributed by atoms with E-state index < -0.39 is 0 Å². The van der Waals surface area contributed by atoms with Gasteiger partial charge in [0.25, 0.3) is 0 Å². The fourth-order valence-corrected chi connectivity index (χ4v) is 2.27. The molecule has 0 saturated carbocycles. The molecule has 1 fully saturated rings. The molecule has 0 unspecified atom stereocenters. The van der Waals surface area contributed by atoms with Crippen LogP contribution in [0.1, 0.15) is 24.8 Å². The molecule has 1 aliphatic heterocycles. The van der Waals surface area contributed by atoms with E-state index >= 15 is 0 Å². The second-order valence-electron chi connectivity index (χ2n) is 5.13. The van der Waals surface area contributed by atoms with Gasteiger partial charge < -0.3 is 15.4 Å². The van der Waals surface area contributed by atoms with E-state index in [1.54, 1.807) is 0 Å². The Morgan fingerprint density at radius 2 is 2.10 bits per heavy atom. The molecule has 4 nitrogen and oxygen atoms in total. The highest BCUT2D eigenvalue weighted by molar-refractivity contribution is 5.85. The zero-order valence-electron chi connectivity index (χ0n) is 11.9. The standard InChI is InChI=1S/C15H22N2O2.ClH/c1-12-3-2-4-14(11-12)19-10-7-15(18)17-8-5-13(16)6-9-17;/h2-4,11,13H,5-10,16H2,1H3;1H. The maximum absolute atomic E-state index is 12.0. The van der Waals surface area contributed by atoms with Crippen LogP contribution in [0, 0.1) is 6.92 Å². The number of piperidine rings is 1. The molecular weight excluding hydrogens is 276 g/mol. The fraction of sp³-hybridized carbons (Fsp3) is 0.533. The van der Waals surface area contributed by atoms with Crippen LogP contribution in [0.25, 0.3) is 0 Å². The monoisotopic (exact) mass is 298 g/mol. The maximum atomic E-state index is 12.0. The zero-order chi connectivity index (χ0) is 13.7. The zero-order valence-corrected chi connectivity index (χ0v) is 12.7. The van der Waals surface area contributed by atoms with Crippen molar-refractivity contribution in [3.05, 3.63) is 29.8 Å². The minimum absolute atomic E-state index is 0. The summed E-state index contributed by atoms with van der Waals surface area (Å²) in [7, 11) is 0. The number of hydrogen-bond donors (Lipinski definition) is 1. The highest BCUT2D eigenvalue weighted by Gasteiger charge is 2.20.